The molecule has 0 spiro atoms. The maximum absolute atomic E-state index is 10.5. The highest BCUT2D eigenvalue weighted by Gasteiger charge is 2.13. The minimum absolute atomic E-state index is 0.327. The zero-order valence-electron chi connectivity index (χ0n) is 7.95. The molecule has 0 aromatic rings. The second kappa shape index (κ2) is 5.87. The molecule has 0 aliphatic carbocycles. The van der Waals surface area contributed by atoms with Crippen molar-refractivity contribution in [3.63, 3.8) is 0 Å². The van der Waals surface area contributed by atoms with Gasteiger partial charge in [-0.3, -0.25) is 9.42 Å². The topological polar surface area (TPSA) is 29.5 Å². The van der Waals surface area contributed by atoms with Gasteiger partial charge in [0.1, 0.15) is 6.73 Å². The predicted octanol–water partition coefficient (Wildman–Crippen LogP) is 2.98. The molecule has 1 unspecified atom stereocenters. The Morgan fingerprint density at radius 1 is 1.33 bits per heavy atom. The monoisotopic (exact) mass is 212 g/mol. The third-order valence-corrected chi connectivity index (χ3v) is 2.25. The van der Waals surface area contributed by atoms with E-state index in [1.807, 2.05) is 0 Å². The van der Waals surface area contributed by atoms with E-state index in [0.717, 1.165) is 0 Å². The Bertz CT molecular complexity index is 144. The molecule has 0 heterocycles. The average Bonchev–Trinajstić information content (AvgIpc) is 1.84. The Labute approximate surface area is 79.7 Å². The van der Waals surface area contributed by atoms with E-state index in [2.05, 4.69) is 32.6 Å². The fourth-order valence-corrected chi connectivity index (χ4v) is 1.36. The smallest absolute Gasteiger partial charge is 0.276 e. The van der Waals surface area contributed by atoms with Crippen molar-refractivity contribution >= 4 is 18.6 Å². The summed E-state index contributed by atoms with van der Waals surface area (Å²) in [6.45, 7) is 8.57. The summed E-state index contributed by atoms with van der Waals surface area (Å²) in [5, 5.41) is 0. The van der Waals surface area contributed by atoms with Crippen LogP contribution in [-0.4, -0.2) is 23.7 Å². The summed E-state index contributed by atoms with van der Waals surface area (Å²) in [5.41, 5.74) is 0. The summed E-state index contributed by atoms with van der Waals surface area (Å²) in [6.07, 6.45) is 0. The Morgan fingerprint density at radius 3 is 2.00 bits per heavy atom. The third kappa shape index (κ3) is 5.04. The molecule has 0 bridgehead atoms. The Hall–Kier alpha value is 0.310. The van der Waals surface area contributed by atoms with Gasteiger partial charge in [0.2, 0.25) is 0 Å². The van der Waals surface area contributed by atoms with Crippen molar-refractivity contribution in [2.24, 2.45) is 0 Å². The molecule has 0 N–H and O–H groups in total. The summed E-state index contributed by atoms with van der Waals surface area (Å²) in [6, 6.07) is 0.744. The highest BCUT2D eigenvalue weighted by molar-refractivity contribution is 7.69. The first-order chi connectivity index (χ1) is 5.45. The van der Waals surface area contributed by atoms with Crippen LogP contribution in [0.5, 0.6) is 0 Å². The molecular weight excluding hydrogens is 197 g/mol. The first kappa shape index (κ1) is 12.3. The summed E-state index contributed by atoms with van der Waals surface area (Å²) in [5.74, 6) is 0. The van der Waals surface area contributed by atoms with E-state index in [-0.39, 0.29) is 0 Å². The van der Waals surface area contributed by atoms with Gasteiger partial charge < -0.3 is 0 Å². The summed E-state index contributed by atoms with van der Waals surface area (Å²) in [4.78, 5) is 2.07. The molecule has 0 saturated heterocycles. The number of rotatable bonds is 5. The molecule has 0 amide bonds. The first-order valence-electron chi connectivity index (χ1n) is 3.96. The van der Waals surface area contributed by atoms with Gasteiger partial charge in [-0.1, -0.05) is 0 Å². The van der Waals surface area contributed by atoms with Crippen molar-refractivity contribution in [3.05, 3.63) is 0 Å². The second-order valence-corrected chi connectivity index (χ2v) is 4.68. The van der Waals surface area contributed by atoms with E-state index in [9.17, 15) is 4.57 Å². The summed E-state index contributed by atoms with van der Waals surface area (Å²) >= 11 is 5.19. The third-order valence-electron chi connectivity index (χ3n) is 1.63. The van der Waals surface area contributed by atoms with Crippen LogP contribution in [0.2, 0.25) is 0 Å². The van der Waals surface area contributed by atoms with Crippen LogP contribution in [0.3, 0.4) is 0 Å². The second-order valence-electron chi connectivity index (χ2n) is 3.17. The van der Waals surface area contributed by atoms with Gasteiger partial charge in [-0.2, -0.15) is 0 Å². The molecule has 1 atom stereocenters. The lowest BCUT2D eigenvalue weighted by molar-refractivity contribution is 0.0762. The highest BCUT2D eigenvalue weighted by atomic mass is 35.7. The van der Waals surface area contributed by atoms with Crippen molar-refractivity contribution in [2.75, 3.05) is 6.73 Å². The number of halogens is 1. The molecule has 0 aliphatic heterocycles. The molecular formula is C7H16ClNO2P. The maximum Gasteiger partial charge on any atom is 0.316 e. The molecule has 73 valence electrons. The molecule has 0 saturated carbocycles. The molecule has 0 rings (SSSR count). The number of nitrogens with zero attached hydrogens (tertiary/aromatic N) is 1. The van der Waals surface area contributed by atoms with E-state index in [4.69, 9.17) is 15.8 Å². The van der Waals surface area contributed by atoms with Crippen molar-refractivity contribution in [3.8, 4) is 0 Å². The van der Waals surface area contributed by atoms with Crippen LogP contribution in [0, 0.1) is 0 Å². The van der Waals surface area contributed by atoms with Gasteiger partial charge >= 0.3 is 7.38 Å². The zero-order chi connectivity index (χ0) is 9.72. The molecule has 0 aromatic carbocycles. The highest BCUT2D eigenvalue weighted by Crippen LogP contribution is 2.28. The molecule has 0 aromatic heterocycles. The van der Waals surface area contributed by atoms with Gasteiger partial charge in [0.25, 0.3) is 0 Å². The van der Waals surface area contributed by atoms with Gasteiger partial charge in [-0.25, -0.2) is 4.57 Å². The molecule has 0 fully saturated rings. The first-order valence-corrected chi connectivity index (χ1v) is 6.05. The zero-order valence-corrected chi connectivity index (χ0v) is 9.60. The molecule has 3 nitrogen and oxygen atoms in total. The molecule has 5 heteroatoms. The Morgan fingerprint density at radius 2 is 1.75 bits per heavy atom. The molecule has 0 aliphatic rings. The van der Waals surface area contributed by atoms with Crippen molar-refractivity contribution in [2.45, 2.75) is 39.8 Å². The molecule has 1 radical (unpaired) electrons. The van der Waals surface area contributed by atoms with E-state index >= 15 is 0 Å². The lowest BCUT2D eigenvalue weighted by Gasteiger charge is -2.28. The van der Waals surface area contributed by atoms with Crippen LogP contribution in [0.15, 0.2) is 0 Å². The predicted molar refractivity (Wildman–Crippen MR) is 51.5 cm³/mol. The number of hydrogen-bond acceptors (Lipinski definition) is 3. The van der Waals surface area contributed by atoms with E-state index in [1.54, 1.807) is 0 Å². The van der Waals surface area contributed by atoms with Gasteiger partial charge in [-0.05, 0) is 27.7 Å². The van der Waals surface area contributed by atoms with Crippen LogP contribution in [-0.2, 0) is 9.09 Å². The van der Waals surface area contributed by atoms with Crippen molar-refractivity contribution < 1.29 is 9.09 Å². The van der Waals surface area contributed by atoms with Crippen molar-refractivity contribution in [1.82, 2.24) is 4.90 Å². The van der Waals surface area contributed by atoms with Crippen LogP contribution >= 0.6 is 18.6 Å². The van der Waals surface area contributed by atoms with Gasteiger partial charge in [0.05, 0.1) is 0 Å². The van der Waals surface area contributed by atoms with E-state index in [1.165, 1.54) is 0 Å². The SMILES string of the molecule is CC(C)N(CO[P](=O)Cl)C(C)C. The Balaban J connectivity index is 3.88. The minimum atomic E-state index is -2.00. The van der Waals surface area contributed by atoms with Gasteiger partial charge in [0.15, 0.2) is 0 Å². The lowest BCUT2D eigenvalue weighted by atomic mass is 10.2. The number of hydrogen-bond donors (Lipinski definition) is 0. The minimum Gasteiger partial charge on any atom is -0.276 e. The molecule has 12 heavy (non-hydrogen) atoms. The quantitative estimate of drug-likeness (QED) is 0.518. The Kier molecular flexibility index (Phi) is 6.02. The fraction of sp³-hybridized carbons (Fsp3) is 1.00. The normalized spacial score (nSPS) is 13.2. The van der Waals surface area contributed by atoms with Crippen LogP contribution < -0.4 is 0 Å². The fourth-order valence-electron chi connectivity index (χ4n) is 1.01. The van der Waals surface area contributed by atoms with Crippen LogP contribution in [0.1, 0.15) is 27.7 Å². The van der Waals surface area contributed by atoms with E-state index in [0.29, 0.717) is 18.8 Å². The van der Waals surface area contributed by atoms with E-state index < -0.39 is 7.38 Å². The van der Waals surface area contributed by atoms with Gasteiger partial charge in [-0.15, -0.1) is 0 Å². The standard InChI is InChI=1S/C7H16ClNO2P/c1-6(2)9(7(3)4)5-11-12(8)10/h6-7H,5H2,1-4H3. The van der Waals surface area contributed by atoms with Crippen molar-refractivity contribution in [1.29, 1.82) is 0 Å². The largest absolute Gasteiger partial charge is 0.316 e. The van der Waals surface area contributed by atoms with Gasteiger partial charge in [0, 0.05) is 23.3 Å². The summed E-state index contributed by atoms with van der Waals surface area (Å²) < 4.78 is 15.3. The van der Waals surface area contributed by atoms with Crippen LogP contribution in [0.25, 0.3) is 0 Å². The lowest BCUT2D eigenvalue weighted by Crippen LogP contribution is -2.37. The maximum atomic E-state index is 10.5. The summed E-state index contributed by atoms with van der Waals surface area (Å²) in [7, 11) is -2.00. The average molecular weight is 213 g/mol. The van der Waals surface area contributed by atoms with Crippen LogP contribution in [0.4, 0.5) is 0 Å².